The van der Waals surface area contributed by atoms with Crippen LogP contribution in [0.1, 0.15) is 24.8 Å². The van der Waals surface area contributed by atoms with Gasteiger partial charge >= 0.3 is 0 Å². The van der Waals surface area contributed by atoms with Crippen molar-refractivity contribution in [1.82, 2.24) is 9.62 Å². The highest BCUT2D eigenvalue weighted by Gasteiger charge is 2.56. The molecule has 1 aliphatic heterocycles. The molecule has 0 radical (unpaired) electrons. The van der Waals surface area contributed by atoms with Crippen LogP contribution in [0.4, 0.5) is 4.39 Å². The summed E-state index contributed by atoms with van der Waals surface area (Å²) in [5.74, 6) is -0.424. The van der Waals surface area contributed by atoms with Crippen LogP contribution in [0.5, 0.6) is 0 Å². The minimum atomic E-state index is -3.18. The fourth-order valence-corrected chi connectivity index (χ4v) is 4.29. The molecule has 1 heterocycles. The highest BCUT2D eigenvalue weighted by molar-refractivity contribution is 7.88. The van der Waals surface area contributed by atoms with Gasteiger partial charge in [-0.05, 0) is 36.3 Å². The Bertz CT molecular complexity index is 712. The summed E-state index contributed by atoms with van der Waals surface area (Å²) in [4.78, 5) is 14.1. The number of hydrogen-bond donors (Lipinski definition) is 1. The van der Waals surface area contributed by atoms with Crippen LogP contribution < -0.4 is 4.72 Å². The highest BCUT2D eigenvalue weighted by Crippen LogP contribution is 2.54. The monoisotopic (exact) mass is 340 g/mol. The van der Waals surface area contributed by atoms with Gasteiger partial charge in [-0.2, -0.15) is 0 Å². The number of benzene rings is 1. The largest absolute Gasteiger partial charge is 0.342 e. The molecule has 0 aromatic heterocycles. The van der Waals surface area contributed by atoms with Crippen molar-refractivity contribution in [2.45, 2.75) is 31.7 Å². The van der Waals surface area contributed by atoms with E-state index in [1.54, 1.807) is 23.1 Å². The zero-order valence-electron chi connectivity index (χ0n) is 13.1. The second kappa shape index (κ2) is 5.87. The van der Waals surface area contributed by atoms with E-state index >= 15 is 0 Å². The predicted molar refractivity (Wildman–Crippen MR) is 84.7 cm³/mol. The van der Waals surface area contributed by atoms with Crippen LogP contribution >= 0.6 is 0 Å². The molecule has 1 spiro atoms. The first-order valence-electron chi connectivity index (χ1n) is 7.78. The Balaban J connectivity index is 1.54. The van der Waals surface area contributed by atoms with Crippen LogP contribution in [0.2, 0.25) is 0 Å². The fraction of sp³-hybridized carbons (Fsp3) is 0.562. The molecule has 0 bridgehead atoms. The van der Waals surface area contributed by atoms with E-state index in [-0.39, 0.29) is 29.6 Å². The molecule has 2 aliphatic rings. The van der Waals surface area contributed by atoms with E-state index in [4.69, 9.17) is 0 Å². The van der Waals surface area contributed by atoms with Gasteiger partial charge in [0.15, 0.2) is 0 Å². The normalized spacial score (nSPS) is 23.0. The number of carbonyl (C=O) groups is 1. The number of halogens is 1. The number of piperidine rings is 1. The van der Waals surface area contributed by atoms with Crippen LogP contribution in [0.3, 0.4) is 0 Å². The minimum Gasteiger partial charge on any atom is -0.342 e. The zero-order chi connectivity index (χ0) is 16.7. The number of carbonyl (C=O) groups excluding carboxylic acids is 1. The Morgan fingerprint density at radius 3 is 2.61 bits per heavy atom. The second-order valence-electron chi connectivity index (χ2n) is 6.66. The topological polar surface area (TPSA) is 66.5 Å². The van der Waals surface area contributed by atoms with Crippen LogP contribution in [0.15, 0.2) is 24.3 Å². The Kier molecular flexibility index (Phi) is 4.18. The van der Waals surface area contributed by atoms with Crippen molar-refractivity contribution < 1.29 is 17.6 Å². The molecule has 1 aromatic carbocycles. The third-order valence-corrected chi connectivity index (χ3v) is 5.67. The van der Waals surface area contributed by atoms with Crippen LogP contribution in [-0.2, 0) is 21.2 Å². The zero-order valence-corrected chi connectivity index (χ0v) is 13.9. The lowest BCUT2D eigenvalue weighted by molar-refractivity contribution is -0.132. The number of rotatable bonds is 4. The summed E-state index contributed by atoms with van der Waals surface area (Å²) < 4.78 is 38.9. The quantitative estimate of drug-likeness (QED) is 0.898. The van der Waals surface area contributed by atoms with E-state index in [9.17, 15) is 17.6 Å². The molecule has 5 nitrogen and oxygen atoms in total. The number of likely N-dealkylation sites (tertiary alicyclic amines) is 1. The van der Waals surface area contributed by atoms with Gasteiger partial charge in [-0.15, -0.1) is 0 Å². The van der Waals surface area contributed by atoms with Crippen molar-refractivity contribution in [2.75, 3.05) is 19.3 Å². The smallest absolute Gasteiger partial charge is 0.227 e. The second-order valence-corrected chi connectivity index (χ2v) is 8.44. The van der Waals surface area contributed by atoms with Gasteiger partial charge in [-0.1, -0.05) is 18.2 Å². The first-order chi connectivity index (χ1) is 10.8. The Morgan fingerprint density at radius 2 is 2.00 bits per heavy atom. The lowest BCUT2D eigenvalue weighted by Gasteiger charge is -2.33. The summed E-state index contributed by atoms with van der Waals surface area (Å²) in [5, 5.41) is 0. The summed E-state index contributed by atoms with van der Waals surface area (Å²) in [6, 6.07) is 6.32. The van der Waals surface area contributed by atoms with Crippen LogP contribution in [0.25, 0.3) is 0 Å². The van der Waals surface area contributed by atoms with E-state index < -0.39 is 10.0 Å². The van der Waals surface area contributed by atoms with E-state index in [0.29, 0.717) is 18.7 Å². The van der Waals surface area contributed by atoms with Gasteiger partial charge in [0.2, 0.25) is 15.9 Å². The molecule has 1 aromatic rings. The molecule has 3 rings (SSSR count). The molecule has 1 aliphatic carbocycles. The molecule has 1 amide bonds. The van der Waals surface area contributed by atoms with Crippen LogP contribution in [-0.4, -0.2) is 44.6 Å². The molecule has 7 heteroatoms. The van der Waals surface area contributed by atoms with E-state index in [2.05, 4.69) is 4.72 Å². The number of amides is 1. The van der Waals surface area contributed by atoms with E-state index in [1.165, 1.54) is 12.3 Å². The first-order valence-corrected chi connectivity index (χ1v) is 9.67. The van der Waals surface area contributed by atoms with Crippen molar-refractivity contribution in [3.63, 3.8) is 0 Å². The standard InChI is InChI=1S/C16H21FN2O3S/c1-23(21,22)18-14-11-16(14)6-8-19(9-7-16)15(20)10-12-4-2-3-5-13(12)17/h2-5,14,18H,6-11H2,1H3. The summed E-state index contributed by atoms with van der Waals surface area (Å²) in [5.41, 5.74) is 0.429. The molecule has 1 saturated heterocycles. The Labute approximate surface area is 135 Å². The van der Waals surface area contributed by atoms with Gasteiger partial charge in [-0.3, -0.25) is 4.79 Å². The molecule has 1 unspecified atom stereocenters. The maximum Gasteiger partial charge on any atom is 0.227 e. The lowest BCUT2D eigenvalue weighted by Crippen LogP contribution is -2.42. The number of sulfonamides is 1. The van der Waals surface area contributed by atoms with Gasteiger partial charge < -0.3 is 4.90 Å². The third kappa shape index (κ3) is 3.72. The molecule has 23 heavy (non-hydrogen) atoms. The Hall–Kier alpha value is -1.47. The molecule has 1 N–H and O–H groups in total. The average molecular weight is 340 g/mol. The van der Waals surface area contributed by atoms with Gasteiger partial charge in [0.25, 0.3) is 0 Å². The van der Waals surface area contributed by atoms with Crippen LogP contribution in [0, 0.1) is 11.2 Å². The average Bonchev–Trinajstić information content (AvgIpc) is 3.11. The molecular weight excluding hydrogens is 319 g/mol. The molecule has 2 fully saturated rings. The molecule has 1 atom stereocenters. The first kappa shape index (κ1) is 16.4. The fourth-order valence-electron chi connectivity index (χ4n) is 3.44. The predicted octanol–water partition coefficient (Wildman–Crippen LogP) is 1.30. The van der Waals surface area contributed by atoms with Gasteiger partial charge in [0.1, 0.15) is 5.82 Å². The van der Waals surface area contributed by atoms with Crippen molar-refractivity contribution >= 4 is 15.9 Å². The highest BCUT2D eigenvalue weighted by atomic mass is 32.2. The minimum absolute atomic E-state index is 0.00122. The number of nitrogens with one attached hydrogen (secondary N) is 1. The number of nitrogens with zero attached hydrogens (tertiary/aromatic N) is 1. The molecular formula is C16H21FN2O3S. The summed E-state index contributed by atoms with van der Waals surface area (Å²) >= 11 is 0. The molecule has 1 saturated carbocycles. The van der Waals surface area contributed by atoms with E-state index in [1.807, 2.05) is 0 Å². The van der Waals surface area contributed by atoms with Crippen molar-refractivity contribution in [3.05, 3.63) is 35.6 Å². The maximum atomic E-state index is 13.6. The molecule has 126 valence electrons. The van der Waals surface area contributed by atoms with Gasteiger partial charge in [-0.25, -0.2) is 17.5 Å². The van der Waals surface area contributed by atoms with Crippen molar-refractivity contribution in [3.8, 4) is 0 Å². The maximum absolute atomic E-state index is 13.6. The van der Waals surface area contributed by atoms with Gasteiger partial charge in [0, 0.05) is 19.1 Å². The summed E-state index contributed by atoms with van der Waals surface area (Å²) in [6.07, 6.45) is 3.68. The van der Waals surface area contributed by atoms with Crippen molar-refractivity contribution in [2.24, 2.45) is 5.41 Å². The number of hydrogen-bond acceptors (Lipinski definition) is 3. The third-order valence-electron chi connectivity index (χ3n) is 4.96. The van der Waals surface area contributed by atoms with E-state index in [0.717, 1.165) is 19.3 Å². The SMILES string of the molecule is CS(=O)(=O)NC1CC12CCN(C(=O)Cc1ccccc1F)CC2. The summed E-state index contributed by atoms with van der Waals surface area (Å²) in [7, 11) is -3.18. The van der Waals surface area contributed by atoms with Gasteiger partial charge in [0.05, 0.1) is 12.7 Å². The van der Waals surface area contributed by atoms with Crippen molar-refractivity contribution in [1.29, 1.82) is 0 Å². The Morgan fingerprint density at radius 1 is 1.35 bits per heavy atom. The lowest BCUT2D eigenvalue weighted by atomic mass is 9.92. The summed E-state index contributed by atoms with van der Waals surface area (Å²) in [6.45, 7) is 1.21.